The second-order valence-corrected chi connectivity index (χ2v) is 2.84. The zero-order valence-electron chi connectivity index (χ0n) is 5.82. The van der Waals surface area contributed by atoms with E-state index in [2.05, 4.69) is 10.5 Å². The second kappa shape index (κ2) is 2.84. The lowest BCUT2D eigenvalue weighted by Gasteiger charge is -1.92. The van der Waals surface area contributed by atoms with Gasteiger partial charge in [-0.05, 0) is 0 Å². The molecular weight excluding hydrogens is 154 g/mol. The molecule has 0 unspecified atom stereocenters. The van der Waals surface area contributed by atoms with Crippen LogP contribution in [-0.4, -0.2) is 4.98 Å². The van der Waals surface area contributed by atoms with Crippen molar-refractivity contribution in [3.05, 3.63) is 41.2 Å². The number of thiazole rings is 1. The number of rotatable bonds is 1. The molecule has 0 saturated carbocycles. The summed E-state index contributed by atoms with van der Waals surface area (Å²) in [5.74, 6) is 0. The van der Waals surface area contributed by atoms with Gasteiger partial charge in [0, 0.05) is 10.9 Å². The van der Waals surface area contributed by atoms with Crippen molar-refractivity contribution in [3.63, 3.8) is 0 Å². The number of aromatic nitrogens is 1. The van der Waals surface area contributed by atoms with Crippen molar-refractivity contribution in [1.82, 2.24) is 4.98 Å². The summed E-state index contributed by atoms with van der Waals surface area (Å²) in [6, 6.07) is 10.1. The van der Waals surface area contributed by atoms with Crippen molar-refractivity contribution < 1.29 is 0 Å². The summed E-state index contributed by atoms with van der Waals surface area (Å²) in [5.41, 5.74) is 4.99. The van der Waals surface area contributed by atoms with Gasteiger partial charge in [0.2, 0.25) is 0 Å². The van der Waals surface area contributed by atoms with Crippen LogP contribution in [0.2, 0.25) is 0 Å². The summed E-state index contributed by atoms with van der Waals surface area (Å²) in [7, 11) is 0. The lowest BCUT2D eigenvalue weighted by atomic mass is 10.2. The molecule has 0 aliphatic heterocycles. The van der Waals surface area contributed by atoms with E-state index in [0.29, 0.717) is 0 Å². The van der Waals surface area contributed by atoms with E-state index >= 15 is 0 Å². The highest BCUT2D eigenvalue weighted by Gasteiger charge is 1.95. The monoisotopic (exact) mass is 160 g/mol. The number of benzene rings is 1. The van der Waals surface area contributed by atoms with Crippen molar-refractivity contribution in [3.8, 4) is 11.3 Å². The average molecular weight is 160 g/mol. The Morgan fingerprint density at radius 3 is 2.64 bits per heavy atom. The zero-order valence-corrected chi connectivity index (χ0v) is 6.64. The predicted octanol–water partition coefficient (Wildman–Crippen LogP) is 2.61. The van der Waals surface area contributed by atoms with Crippen LogP contribution in [0, 0.1) is 5.51 Å². The molecule has 1 radical (unpaired) electrons. The van der Waals surface area contributed by atoms with Crippen LogP contribution >= 0.6 is 11.3 Å². The first-order valence-electron chi connectivity index (χ1n) is 3.34. The van der Waals surface area contributed by atoms with Crippen LogP contribution in [-0.2, 0) is 0 Å². The zero-order chi connectivity index (χ0) is 7.52. The van der Waals surface area contributed by atoms with Crippen molar-refractivity contribution >= 4 is 11.3 Å². The van der Waals surface area contributed by atoms with Gasteiger partial charge in [-0.15, -0.1) is 11.3 Å². The molecule has 1 aromatic carbocycles. The van der Waals surface area contributed by atoms with Crippen LogP contribution in [0.4, 0.5) is 0 Å². The highest BCUT2D eigenvalue weighted by atomic mass is 32.1. The van der Waals surface area contributed by atoms with E-state index in [1.165, 1.54) is 11.3 Å². The van der Waals surface area contributed by atoms with E-state index in [4.69, 9.17) is 0 Å². The summed E-state index contributed by atoms with van der Waals surface area (Å²) in [4.78, 5) is 4.08. The molecule has 53 valence electrons. The molecule has 0 atom stereocenters. The van der Waals surface area contributed by atoms with Gasteiger partial charge < -0.3 is 0 Å². The fraction of sp³-hybridized carbons (Fsp3) is 0. The molecule has 0 aliphatic rings. The largest absolute Gasteiger partial charge is 0.233 e. The first kappa shape index (κ1) is 6.55. The maximum Gasteiger partial charge on any atom is 0.152 e. The van der Waals surface area contributed by atoms with Crippen LogP contribution < -0.4 is 0 Å². The van der Waals surface area contributed by atoms with E-state index < -0.39 is 0 Å². The molecule has 1 aromatic heterocycles. The topological polar surface area (TPSA) is 12.9 Å². The molecule has 1 heterocycles. The molecule has 2 heteroatoms. The molecule has 2 aromatic rings. The first-order chi connectivity index (χ1) is 5.47. The average Bonchev–Trinajstić information content (AvgIpc) is 2.58. The highest BCUT2D eigenvalue weighted by Crippen LogP contribution is 2.17. The van der Waals surface area contributed by atoms with Gasteiger partial charge >= 0.3 is 0 Å². The minimum Gasteiger partial charge on any atom is -0.233 e. The second-order valence-electron chi connectivity index (χ2n) is 2.19. The van der Waals surface area contributed by atoms with Gasteiger partial charge in [-0.2, -0.15) is 0 Å². The fourth-order valence-electron chi connectivity index (χ4n) is 0.926. The quantitative estimate of drug-likeness (QED) is 0.625. The maximum absolute atomic E-state index is 4.08. The van der Waals surface area contributed by atoms with Gasteiger partial charge in [-0.3, -0.25) is 0 Å². The Hall–Kier alpha value is -1.15. The smallest absolute Gasteiger partial charge is 0.152 e. The molecular formula is C9H6NS. The van der Waals surface area contributed by atoms with Crippen LogP contribution in [0.3, 0.4) is 0 Å². The van der Waals surface area contributed by atoms with Crippen molar-refractivity contribution in [1.29, 1.82) is 0 Å². The van der Waals surface area contributed by atoms with Gasteiger partial charge in [0.25, 0.3) is 0 Å². The van der Waals surface area contributed by atoms with Gasteiger partial charge in [-0.1, -0.05) is 30.3 Å². The summed E-state index contributed by atoms with van der Waals surface area (Å²) in [6.07, 6.45) is 0. The molecule has 11 heavy (non-hydrogen) atoms. The molecule has 0 aliphatic carbocycles. The molecule has 0 saturated heterocycles. The van der Waals surface area contributed by atoms with Crippen LogP contribution in [0.5, 0.6) is 0 Å². The standard InChI is InChI=1S/C9H6NS/c1-2-4-8(5-3-1)9-6-11-7-10-9/h1-6H. The number of nitrogens with zero attached hydrogens (tertiary/aromatic N) is 1. The molecule has 1 nitrogen and oxygen atoms in total. The fourth-order valence-corrected chi connectivity index (χ4v) is 1.43. The van der Waals surface area contributed by atoms with E-state index in [0.717, 1.165) is 11.3 Å². The molecule has 0 N–H and O–H groups in total. The molecule has 0 spiro atoms. The van der Waals surface area contributed by atoms with Crippen LogP contribution in [0.25, 0.3) is 11.3 Å². The minimum atomic E-state index is 1.01. The summed E-state index contributed by atoms with van der Waals surface area (Å²) in [6.45, 7) is 0. The summed E-state index contributed by atoms with van der Waals surface area (Å²) in [5, 5.41) is 2.00. The summed E-state index contributed by atoms with van der Waals surface area (Å²) < 4.78 is 0. The lowest BCUT2D eigenvalue weighted by molar-refractivity contribution is 1.40. The molecule has 0 bridgehead atoms. The van der Waals surface area contributed by atoms with Crippen LogP contribution in [0.15, 0.2) is 35.7 Å². The summed E-state index contributed by atoms with van der Waals surface area (Å²) >= 11 is 1.50. The Balaban J connectivity index is 2.46. The third-order valence-electron chi connectivity index (χ3n) is 1.46. The molecule has 2 rings (SSSR count). The van der Waals surface area contributed by atoms with Crippen molar-refractivity contribution in [2.75, 3.05) is 0 Å². The van der Waals surface area contributed by atoms with Gasteiger partial charge in [0.05, 0.1) is 5.69 Å². The third-order valence-corrected chi connectivity index (χ3v) is 2.00. The Morgan fingerprint density at radius 2 is 2.00 bits per heavy atom. The van der Waals surface area contributed by atoms with Gasteiger partial charge in [0.1, 0.15) is 0 Å². The van der Waals surface area contributed by atoms with Gasteiger partial charge in [0.15, 0.2) is 5.51 Å². The van der Waals surface area contributed by atoms with Gasteiger partial charge in [-0.25, -0.2) is 4.98 Å². The van der Waals surface area contributed by atoms with E-state index in [9.17, 15) is 0 Å². The third kappa shape index (κ3) is 1.30. The van der Waals surface area contributed by atoms with Crippen molar-refractivity contribution in [2.24, 2.45) is 0 Å². The van der Waals surface area contributed by atoms with E-state index in [-0.39, 0.29) is 0 Å². The van der Waals surface area contributed by atoms with Crippen molar-refractivity contribution in [2.45, 2.75) is 0 Å². The maximum atomic E-state index is 4.08. The Labute approximate surface area is 69.3 Å². The molecule has 0 fully saturated rings. The molecule has 0 amide bonds. The Kier molecular flexibility index (Phi) is 1.69. The number of hydrogen-bond acceptors (Lipinski definition) is 2. The predicted molar refractivity (Wildman–Crippen MR) is 46.4 cm³/mol. The van der Waals surface area contributed by atoms with Crippen LogP contribution in [0.1, 0.15) is 0 Å². The number of hydrogen-bond donors (Lipinski definition) is 0. The highest BCUT2D eigenvalue weighted by molar-refractivity contribution is 7.07. The first-order valence-corrected chi connectivity index (χ1v) is 4.22. The van der Waals surface area contributed by atoms with E-state index in [1.54, 1.807) is 0 Å². The van der Waals surface area contributed by atoms with E-state index in [1.807, 2.05) is 35.7 Å². The normalized spacial score (nSPS) is 9.82. The SMILES string of the molecule is [c]1nc(-c2ccccc2)cs1. The lowest BCUT2D eigenvalue weighted by Crippen LogP contribution is -1.73. The Morgan fingerprint density at radius 1 is 1.18 bits per heavy atom. The minimum absolute atomic E-state index is 1.01. The Bertz CT molecular complexity index is 313.